The molecule has 0 bridgehead atoms. The standard InChI is InChI=1S/C7H4Cl3NO/c8-4-2-1-3-5(9)6(4)7(10)11-12/h1-3,12H/b11-7-. The Balaban J connectivity index is 3.31. The van der Waals surface area contributed by atoms with Gasteiger partial charge >= 0.3 is 0 Å². The van der Waals surface area contributed by atoms with Gasteiger partial charge in [0.2, 0.25) is 0 Å². The van der Waals surface area contributed by atoms with Crippen molar-refractivity contribution in [1.29, 1.82) is 0 Å². The van der Waals surface area contributed by atoms with Gasteiger partial charge in [-0.1, -0.05) is 46.0 Å². The van der Waals surface area contributed by atoms with Gasteiger partial charge < -0.3 is 5.21 Å². The Morgan fingerprint density at radius 2 is 1.75 bits per heavy atom. The Morgan fingerprint density at radius 3 is 2.17 bits per heavy atom. The summed E-state index contributed by atoms with van der Waals surface area (Å²) in [6.45, 7) is 0. The average Bonchev–Trinajstić information content (AvgIpc) is 2.03. The fraction of sp³-hybridized carbons (Fsp3) is 0. The van der Waals surface area contributed by atoms with Crippen LogP contribution in [0.4, 0.5) is 0 Å². The van der Waals surface area contributed by atoms with Crippen molar-refractivity contribution in [2.45, 2.75) is 0 Å². The van der Waals surface area contributed by atoms with E-state index in [4.69, 9.17) is 40.0 Å². The molecule has 1 aromatic rings. The van der Waals surface area contributed by atoms with Crippen LogP contribution >= 0.6 is 34.8 Å². The minimum Gasteiger partial charge on any atom is -0.410 e. The van der Waals surface area contributed by atoms with E-state index in [1.165, 1.54) is 0 Å². The molecule has 0 amide bonds. The van der Waals surface area contributed by atoms with Crippen LogP contribution in [0.1, 0.15) is 5.56 Å². The molecule has 0 spiro atoms. The predicted molar refractivity (Wildman–Crippen MR) is 50.6 cm³/mol. The van der Waals surface area contributed by atoms with Gasteiger partial charge in [-0.2, -0.15) is 0 Å². The number of halogens is 3. The third-order valence-corrected chi connectivity index (χ3v) is 2.15. The Morgan fingerprint density at radius 1 is 1.25 bits per heavy atom. The number of rotatable bonds is 1. The molecule has 0 unspecified atom stereocenters. The lowest BCUT2D eigenvalue weighted by Gasteiger charge is -2.01. The first-order valence-electron chi connectivity index (χ1n) is 2.98. The van der Waals surface area contributed by atoms with Gasteiger partial charge in [-0.15, -0.1) is 0 Å². The van der Waals surface area contributed by atoms with Crippen molar-refractivity contribution in [1.82, 2.24) is 0 Å². The molecule has 64 valence electrons. The lowest BCUT2D eigenvalue weighted by atomic mass is 10.2. The molecule has 0 aromatic heterocycles. The topological polar surface area (TPSA) is 32.6 Å². The highest BCUT2D eigenvalue weighted by atomic mass is 35.5. The third-order valence-electron chi connectivity index (χ3n) is 1.26. The van der Waals surface area contributed by atoms with Gasteiger partial charge in [0.1, 0.15) is 0 Å². The lowest BCUT2D eigenvalue weighted by molar-refractivity contribution is 0.321. The predicted octanol–water partition coefficient (Wildman–Crippen LogP) is 3.37. The molecule has 0 aliphatic carbocycles. The number of hydrogen-bond acceptors (Lipinski definition) is 2. The Kier molecular flexibility index (Phi) is 3.20. The molecule has 1 N–H and O–H groups in total. The highest BCUT2D eigenvalue weighted by Crippen LogP contribution is 2.25. The summed E-state index contributed by atoms with van der Waals surface area (Å²) in [5.74, 6) is 0. The molecule has 0 saturated carbocycles. The summed E-state index contributed by atoms with van der Waals surface area (Å²) in [6, 6.07) is 4.89. The molecule has 0 aliphatic rings. The van der Waals surface area contributed by atoms with Crippen LogP contribution in [0.25, 0.3) is 0 Å². The van der Waals surface area contributed by atoms with Crippen molar-refractivity contribution in [2.24, 2.45) is 5.16 Å². The van der Waals surface area contributed by atoms with E-state index in [9.17, 15) is 0 Å². The smallest absolute Gasteiger partial charge is 0.178 e. The van der Waals surface area contributed by atoms with E-state index in [0.717, 1.165) is 0 Å². The van der Waals surface area contributed by atoms with Crippen LogP contribution in [-0.2, 0) is 0 Å². The van der Waals surface area contributed by atoms with Crippen molar-refractivity contribution >= 4 is 40.0 Å². The van der Waals surface area contributed by atoms with Gasteiger partial charge in [0.15, 0.2) is 5.17 Å². The molecule has 0 fully saturated rings. The largest absolute Gasteiger partial charge is 0.410 e. The summed E-state index contributed by atoms with van der Waals surface area (Å²) >= 11 is 17.0. The third kappa shape index (κ3) is 1.83. The van der Waals surface area contributed by atoms with Crippen molar-refractivity contribution in [2.75, 3.05) is 0 Å². The molecular formula is C7H4Cl3NO. The number of nitrogens with zero attached hydrogens (tertiary/aromatic N) is 1. The maximum atomic E-state index is 8.38. The minimum atomic E-state index is -0.120. The summed E-state index contributed by atoms with van der Waals surface area (Å²) in [7, 11) is 0. The van der Waals surface area contributed by atoms with Crippen molar-refractivity contribution in [3.8, 4) is 0 Å². The molecule has 0 atom stereocenters. The van der Waals surface area contributed by atoms with Crippen molar-refractivity contribution in [3.63, 3.8) is 0 Å². The molecule has 5 heteroatoms. The van der Waals surface area contributed by atoms with Gasteiger partial charge in [0.25, 0.3) is 0 Å². The highest BCUT2D eigenvalue weighted by molar-refractivity contribution is 6.71. The molecule has 1 aromatic carbocycles. The summed E-state index contributed by atoms with van der Waals surface area (Å²) in [5.41, 5.74) is 0.338. The van der Waals surface area contributed by atoms with Crippen LogP contribution in [0.5, 0.6) is 0 Å². The van der Waals surface area contributed by atoms with Gasteiger partial charge in [-0.3, -0.25) is 0 Å². The fourth-order valence-electron chi connectivity index (χ4n) is 0.745. The second-order valence-corrected chi connectivity index (χ2v) is 3.16. The van der Waals surface area contributed by atoms with E-state index in [2.05, 4.69) is 5.16 Å². The van der Waals surface area contributed by atoms with Gasteiger partial charge in [0.05, 0.1) is 15.6 Å². The monoisotopic (exact) mass is 223 g/mol. The number of oxime groups is 1. The quantitative estimate of drug-likeness (QED) is 0.443. The molecule has 0 saturated heterocycles. The zero-order chi connectivity index (χ0) is 9.14. The van der Waals surface area contributed by atoms with Gasteiger partial charge in [-0.25, -0.2) is 0 Å². The van der Waals surface area contributed by atoms with Crippen LogP contribution < -0.4 is 0 Å². The molecule has 0 radical (unpaired) electrons. The maximum absolute atomic E-state index is 8.38. The van der Waals surface area contributed by atoms with E-state index < -0.39 is 0 Å². The van der Waals surface area contributed by atoms with Crippen molar-refractivity contribution < 1.29 is 5.21 Å². The second-order valence-electron chi connectivity index (χ2n) is 1.99. The van der Waals surface area contributed by atoms with E-state index in [0.29, 0.717) is 15.6 Å². The zero-order valence-electron chi connectivity index (χ0n) is 5.76. The SMILES string of the molecule is O/N=C(\Cl)c1c(Cl)cccc1Cl. The number of hydrogen-bond donors (Lipinski definition) is 1. The molecule has 0 heterocycles. The summed E-state index contributed by atoms with van der Waals surface area (Å²) in [6.07, 6.45) is 0. The van der Waals surface area contributed by atoms with Crippen LogP contribution in [0, 0.1) is 0 Å². The first-order valence-corrected chi connectivity index (χ1v) is 4.12. The zero-order valence-corrected chi connectivity index (χ0v) is 8.03. The Hall–Kier alpha value is -0.440. The van der Waals surface area contributed by atoms with Gasteiger partial charge in [-0.05, 0) is 12.1 Å². The fourth-order valence-corrected chi connectivity index (χ4v) is 1.62. The second kappa shape index (κ2) is 3.99. The molecular weight excluding hydrogens is 220 g/mol. The van der Waals surface area contributed by atoms with Crippen molar-refractivity contribution in [3.05, 3.63) is 33.8 Å². The molecule has 2 nitrogen and oxygen atoms in total. The van der Waals surface area contributed by atoms with Crippen LogP contribution in [0.3, 0.4) is 0 Å². The van der Waals surface area contributed by atoms with E-state index in [1.54, 1.807) is 18.2 Å². The molecule has 1 rings (SSSR count). The van der Waals surface area contributed by atoms with E-state index in [1.807, 2.05) is 0 Å². The lowest BCUT2D eigenvalue weighted by Crippen LogP contribution is -1.93. The highest BCUT2D eigenvalue weighted by Gasteiger charge is 2.09. The Labute approximate surface area is 84.3 Å². The van der Waals surface area contributed by atoms with E-state index in [-0.39, 0.29) is 5.17 Å². The normalized spacial score (nSPS) is 11.8. The first kappa shape index (κ1) is 9.65. The summed E-state index contributed by atoms with van der Waals surface area (Å²) < 4.78 is 0. The summed E-state index contributed by atoms with van der Waals surface area (Å²) in [5, 5.41) is 11.8. The molecule has 12 heavy (non-hydrogen) atoms. The van der Waals surface area contributed by atoms with Crippen LogP contribution in [0.2, 0.25) is 10.0 Å². The first-order chi connectivity index (χ1) is 5.66. The number of benzene rings is 1. The minimum absolute atomic E-state index is 0.120. The molecule has 0 aliphatic heterocycles. The van der Waals surface area contributed by atoms with Crippen LogP contribution in [0.15, 0.2) is 23.4 Å². The Bertz CT molecular complexity index is 304. The van der Waals surface area contributed by atoms with Gasteiger partial charge in [0, 0.05) is 0 Å². The summed E-state index contributed by atoms with van der Waals surface area (Å²) in [4.78, 5) is 0. The maximum Gasteiger partial charge on any atom is 0.178 e. The van der Waals surface area contributed by atoms with E-state index >= 15 is 0 Å². The van der Waals surface area contributed by atoms with Crippen LogP contribution in [-0.4, -0.2) is 10.4 Å². The average molecular weight is 224 g/mol.